The van der Waals surface area contributed by atoms with E-state index in [1.807, 2.05) is 13.0 Å². The molecule has 0 bridgehead atoms. The Bertz CT molecular complexity index is 523. The number of aliphatic carboxylic acids is 1. The molecule has 0 spiro atoms. The van der Waals surface area contributed by atoms with Crippen LogP contribution in [0.25, 0.3) is 6.08 Å². The van der Waals surface area contributed by atoms with Crippen molar-refractivity contribution in [2.75, 3.05) is 31.7 Å². The predicted octanol–water partition coefficient (Wildman–Crippen LogP) is 2.96. The molecule has 114 valence electrons. The summed E-state index contributed by atoms with van der Waals surface area (Å²) in [6, 6.07) is 6.20. The fourth-order valence-electron chi connectivity index (χ4n) is 2.91. The number of carboxylic acids is 1. The van der Waals surface area contributed by atoms with Gasteiger partial charge in [-0.25, -0.2) is 4.79 Å². The van der Waals surface area contributed by atoms with Crippen LogP contribution in [0.15, 0.2) is 24.3 Å². The Morgan fingerprint density at radius 2 is 2.33 bits per heavy atom. The zero-order valence-corrected chi connectivity index (χ0v) is 12.7. The molecule has 1 saturated heterocycles. The Labute approximate surface area is 126 Å². The lowest BCUT2D eigenvalue weighted by Gasteiger charge is -2.35. The maximum atomic E-state index is 10.8. The minimum absolute atomic E-state index is 0.543. The van der Waals surface area contributed by atoms with Crippen molar-refractivity contribution in [3.63, 3.8) is 0 Å². The number of hydrogen-bond acceptors (Lipinski definition) is 3. The van der Waals surface area contributed by atoms with Crippen LogP contribution in [0.3, 0.4) is 0 Å². The summed E-state index contributed by atoms with van der Waals surface area (Å²) in [5.41, 5.74) is 3.21. The third-order valence-corrected chi connectivity index (χ3v) is 3.85. The summed E-state index contributed by atoms with van der Waals surface area (Å²) >= 11 is 0. The van der Waals surface area contributed by atoms with Crippen molar-refractivity contribution in [3.05, 3.63) is 35.4 Å². The summed E-state index contributed by atoms with van der Waals surface area (Å²) in [5, 5.41) is 8.84. The molecule has 0 radical (unpaired) electrons. The van der Waals surface area contributed by atoms with Gasteiger partial charge < -0.3 is 14.7 Å². The highest BCUT2D eigenvalue weighted by molar-refractivity contribution is 5.87. The second kappa shape index (κ2) is 7.27. The molecule has 0 saturated carbocycles. The lowest BCUT2D eigenvalue weighted by atomic mass is 9.97. The van der Waals surface area contributed by atoms with E-state index in [4.69, 9.17) is 9.84 Å². The fraction of sp³-hybridized carbons (Fsp3) is 0.471. The maximum absolute atomic E-state index is 10.8. The van der Waals surface area contributed by atoms with Crippen LogP contribution >= 0.6 is 0 Å². The van der Waals surface area contributed by atoms with E-state index < -0.39 is 5.97 Å². The standard InChI is InChI=1S/C17H23NO3/c1-13-5-7-16(15(10-13)6-8-17(19)20)18-9-3-4-14(11-18)12-21-2/h5-8,10,14H,3-4,9,11-12H2,1-2H3,(H,19,20)/b8-6+. The highest BCUT2D eigenvalue weighted by Crippen LogP contribution is 2.28. The molecule has 1 N–H and O–H groups in total. The van der Waals surface area contributed by atoms with Crippen LogP contribution in [0.1, 0.15) is 24.0 Å². The number of piperidine rings is 1. The number of rotatable bonds is 5. The molecule has 1 atom stereocenters. The number of methoxy groups -OCH3 is 1. The largest absolute Gasteiger partial charge is 0.478 e. The minimum atomic E-state index is -0.918. The van der Waals surface area contributed by atoms with E-state index in [9.17, 15) is 4.79 Å². The van der Waals surface area contributed by atoms with Crippen molar-refractivity contribution in [2.24, 2.45) is 5.92 Å². The van der Waals surface area contributed by atoms with Gasteiger partial charge in [0.05, 0.1) is 6.61 Å². The third kappa shape index (κ3) is 4.33. The average Bonchev–Trinajstić information content (AvgIpc) is 2.46. The number of nitrogens with zero attached hydrogens (tertiary/aromatic N) is 1. The molecule has 1 aromatic rings. The molecule has 0 aromatic heterocycles. The summed E-state index contributed by atoms with van der Waals surface area (Å²) in [6.07, 6.45) is 5.22. The van der Waals surface area contributed by atoms with Crippen molar-refractivity contribution in [2.45, 2.75) is 19.8 Å². The second-order valence-electron chi connectivity index (χ2n) is 5.64. The lowest BCUT2D eigenvalue weighted by Crippen LogP contribution is -2.37. The Hall–Kier alpha value is -1.81. The van der Waals surface area contributed by atoms with Crippen LogP contribution in [-0.2, 0) is 9.53 Å². The van der Waals surface area contributed by atoms with Crippen molar-refractivity contribution in [3.8, 4) is 0 Å². The molecule has 21 heavy (non-hydrogen) atoms. The zero-order chi connectivity index (χ0) is 15.2. The van der Waals surface area contributed by atoms with Gasteiger partial charge in [-0.2, -0.15) is 0 Å². The Balaban J connectivity index is 2.23. The van der Waals surface area contributed by atoms with Gasteiger partial charge in [0.25, 0.3) is 0 Å². The lowest BCUT2D eigenvalue weighted by molar-refractivity contribution is -0.131. The van der Waals surface area contributed by atoms with Crippen LogP contribution in [0.5, 0.6) is 0 Å². The first-order valence-electron chi connectivity index (χ1n) is 7.35. The van der Waals surface area contributed by atoms with Gasteiger partial charge in [-0.3, -0.25) is 0 Å². The fourth-order valence-corrected chi connectivity index (χ4v) is 2.91. The molecule has 1 fully saturated rings. The molecule has 4 nitrogen and oxygen atoms in total. The number of hydrogen-bond donors (Lipinski definition) is 1. The second-order valence-corrected chi connectivity index (χ2v) is 5.64. The van der Waals surface area contributed by atoms with Gasteiger partial charge in [0.15, 0.2) is 0 Å². The predicted molar refractivity (Wildman–Crippen MR) is 84.7 cm³/mol. The van der Waals surface area contributed by atoms with E-state index in [1.165, 1.54) is 12.5 Å². The van der Waals surface area contributed by atoms with E-state index in [0.717, 1.165) is 42.9 Å². The van der Waals surface area contributed by atoms with Crippen molar-refractivity contribution >= 4 is 17.7 Å². The molecule has 2 rings (SSSR count). The topological polar surface area (TPSA) is 49.8 Å². The third-order valence-electron chi connectivity index (χ3n) is 3.85. The van der Waals surface area contributed by atoms with Gasteiger partial charge in [-0.15, -0.1) is 0 Å². The Morgan fingerprint density at radius 3 is 3.05 bits per heavy atom. The summed E-state index contributed by atoms with van der Waals surface area (Å²) in [4.78, 5) is 13.1. The average molecular weight is 289 g/mol. The van der Waals surface area contributed by atoms with Gasteiger partial charge in [0.2, 0.25) is 0 Å². The Kier molecular flexibility index (Phi) is 5.39. The molecule has 1 unspecified atom stereocenters. The van der Waals surface area contributed by atoms with Crippen LogP contribution < -0.4 is 4.90 Å². The van der Waals surface area contributed by atoms with Crippen LogP contribution in [0, 0.1) is 12.8 Å². The molecule has 0 aliphatic carbocycles. The molecule has 1 aromatic carbocycles. The zero-order valence-electron chi connectivity index (χ0n) is 12.7. The van der Waals surface area contributed by atoms with E-state index in [0.29, 0.717) is 5.92 Å². The first-order valence-corrected chi connectivity index (χ1v) is 7.35. The van der Waals surface area contributed by atoms with Gasteiger partial charge >= 0.3 is 5.97 Å². The summed E-state index contributed by atoms with van der Waals surface area (Å²) < 4.78 is 5.28. The Morgan fingerprint density at radius 1 is 1.52 bits per heavy atom. The van der Waals surface area contributed by atoms with Gasteiger partial charge in [0.1, 0.15) is 0 Å². The number of anilines is 1. The minimum Gasteiger partial charge on any atom is -0.478 e. The van der Waals surface area contributed by atoms with E-state index in [1.54, 1.807) is 13.2 Å². The molecular formula is C17H23NO3. The van der Waals surface area contributed by atoms with E-state index in [2.05, 4.69) is 17.0 Å². The molecule has 1 heterocycles. The number of carbonyl (C=O) groups is 1. The molecule has 0 amide bonds. The van der Waals surface area contributed by atoms with E-state index >= 15 is 0 Å². The molecule has 1 aliphatic rings. The summed E-state index contributed by atoms with van der Waals surface area (Å²) in [7, 11) is 1.74. The first kappa shape index (κ1) is 15.6. The van der Waals surface area contributed by atoms with Crippen molar-refractivity contribution in [1.29, 1.82) is 0 Å². The quantitative estimate of drug-likeness (QED) is 0.847. The highest BCUT2D eigenvalue weighted by Gasteiger charge is 2.21. The van der Waals surface area contributed by atoms with Gasteiger partial charge in [-0.05, 0) is 49.5 Å². The molecular weight excluding hydrogens is 266 g/mol. The summed E-state index contributed by atoms with van der Waals surface area (Å²) in [6.45, 7) is 4.77. The van der Waals surface area contributed by atoms with Crippen LogP contribution in [0.4, 0.5) is 5.69 Å². The molecule has 1 aliphatic heterocycles. The van der Waals surface area contributed by atoms with Crippen molar-refractivity contribution < 1.29 is 14.6 Å². The van der Waals surface area contributed by atoms with Gasteiger partial charge in [0, 0.05) is 32.0 Å². The SMILES string of the molecule is COCC1CCCN(c2ccc(C)cc2/C=C/C(=O)O)C1. The number of carboxylic acid groups (broad SMARTS) is 1. The van der Waals surface area contributed by atoms with Crippen LogP contribution in [0.2, 0.25) is 0 Å². The highest BCUT2D eigenvalue weighted by atomic mass is 16.5. The van der Waals surface area contributed by atoms with Gasteiger partial charge in [-0.1, -0.05) is 11.6 Å². The van der Waals surface area contributed by atoms with Crippen molar-refractivity contribution in [1.82, 2.24) is 0 Å². The number of benzene rings is 1. The number of aryl methyl sites for hydroxylation is 1. The normalized spacial score (nSPS) is 19.1. The number of ether oxygens (including phenoxy) is 1. The maximum Gasteiger partial charge on any atom is 0.328 e. The smallest absolute Gasteiger partial charge is 0.328 e. The first-order chi connectivity index (χ1) is 10.1. The molecule has 4 heteroatoms. The van der Waals surface area contributed by atoms with E-state index in [-0.39, 0.29) is 0 Å². The monoisotopic (exact) mass is 289 g/mol. The van der Waals surface area contributed by atoms with Crippen LogP contribution in [-0.4, -0.2) is 37.9 Å². The summed E-state index contributed by atoms with van der Waals surface area (Å²) in [5.74, 6) is -0.375.